The Morgan fingerprint density at radius 1 is 1.07 bits per heavy atom. The molecule has 0 radical (unpaired) electrons. The van der Waals surface area contributed by atoms with E-state index in [2.05, 4.69) is 10.6 Å². The molecule has 0 fully saturated rings. The highest BCUT2D eigenvalue weighted by Gasteiger charge is 2.25. The summed E-state index contributed by atoms with van der Waals surface area (Å²) in [7, 11) is 0. The van der Waals surface area contributed by atoms with Crippen LogP contribution in [0, 0.1) is 17.6 Å². The number of benzene rings is 1. The second kappa shape index (κ2) is 12.5. The van der Waals surface area contributed by atoms with Gasteiger partial charge < -0.3 is 15.7 Å². The second-order valence-corrected chi connectivity index (χ2v) is 8.08. The Morgan fingerprint density at radius 3 is 2.21 bits per heavy atom. The summed E-state index contributed by atoms with van der Waals surface area (Å²) in [4.78, 5) is 23.8. The van der Waals surface area contributed by atoms with Crippen molar-refractivity contribution >= 4 is 11.8 Å². The van der Waals surface area contributed by atoms with Crippen LogP contribution in [-0.4, -0.2) is 35.1 Å². The molecule has 3 unspecified atom stereocenters. The third-order valence-electron chi connectivity index (χ3n) is 4.71. The lowest BCUT2D eigenvalue weighted by molar-refractivity contribution is -0.123. The molecular formula is C22H34F2N2O3. The van der Waals surface area contributed by atoms with Crippen LogP contribution in [0.5, 0.6) is 0 Å². The van der Waals surface area contributed by atoms with Crippen molar-refractivity contribution in [2.75, 3.05) is 0 Å². The van der Waals surface area contributed by atoms with Crippen LogP contribution in [-0.2, 0) is 16.0 Å². The fraction of sp³-hybridized carbons (Fsp3) is 0.636. The molecule has 0 aliphatic heterocycles. The van der Waals surface area contributed by atoms with Crippen LogP contribution in [0.3, 0.4) is 0 Å². The van der Waals surface area contributed by atoms with Crippen LogP contribution in [0.25, 0.3) is 0 Å². The number of aliphatic hydroxyl groups is 1. The molecule has 0 saturated heterocycles. The van der Waals surface area contributed by atoms with Crippen molar-refractivity contribution in [3.05, 3.63) is 35.4 Å². The molecule has 0 heterocycles. The Kier molecular flexibility index (Phi) is 10.8. The molecule has 0 bridgehead atoms. The number of amides is 2. The molecule has 3 N–H and O–H groups in total. The second-order valence-electron chi connectivity index (χ2n) is 8.08. The highest BCUT2D eigenvalue weighted by Crippen LogP contribution is 2.16. The summed E-state index contributed by atoms with van der Waals surface area (Å²) >= 11 is 0. The minimum absolute atomic E-state index is 0.0624. The van der Waals surface area contributed by atoms with E-state index < -0.39 is 23.8 Å². The van der Waals surface area contributed by atoms with Gasteiger partial charge in [0.25, 0.3) is 0 Å². The van der Waals surface area contributed by atoms with Crippen molar-refractivity contribution in [2.24, 2.45) is 5.92 Å². The first kappa shape index (κ1) is 25.0. The number of carbonyl (C=O) groups excluding carboxylic acids is 2. The van der Waals surface area contributed by atoms with Crippen molar-refractivity contribution < 1.29 is 23.5 Å². The monoisotopic (exact) mass is 412 g/mol. The molecular weight excluding hydrogens is 378 g/mol. The maximum Gasteiger partial charge on any atom is 0.220 e. The first-order valence-corrected chi connectivity index (χ1v) is 10.3. The van der Waals surface area contributed by atoms with E-state index in [1.807, 2.05) is 20.8 Å². The molecule has 3 atom stereocenters. The molecule has 2 amide bonds. The summed E-state index contributed by atoms with van der Waals surface area (Å²) in [6, 6.07) is 2.18. The standard InChI is InChI=1S/C22H34F2N2O3/c1-5-6-19(26-22(29)8-7-14(2)3)13-21(28)20(25-15(4)27)11-16-9-17(23)12-18(24)10-16/h9-10,12,14,19-21,28H,5-8,11,13H2,1-4H3,(H,25,27)(H,26,29). The lowest BCUT2D eigenvalue weighted by atomic mass is 9.94. The molecule has 7 heteroatoms. The number of hydrogen-bond donors (Lipinski definition) is 3. The maximum absolute atomic E-state index is 13.5. The summed E-state index contributed by atoms with van der Waals surface area (Å²) in [5, 5.41) is 16.4. The fourth-order valence-electron chi connectivity index (χ4n) is 3.30. The van der Waals surface area contributed by atoms with E-state index in [0.717, 1.165) is 18.9 Å². The Labute approximate surface area is 172 Å². The topological polar surface area (TPSA) is 78.4 Å². The minimum Gasteiger partial charge on any atom is -0.391 e. The van der Waals surface area contributed by atoms with Crippen LogP contribution < -0.4 is 10.6 Å². The third kappa shape index (κ3) is 10.4. The number of aliphatic hydroxyl groups excluding tert-OH is 1. The van der Waals surface area contributed by atoms with Crippen LogP contribution in [0.15, 0.2) is 18.2 Å². The van der Waals surface area contributed by atoms with Gasteiger partial charge in [0.15, 0.2) is 0 Å². The zero-order chi connectivity index (χ0) is 22.0. The summed E-state index contributed by atoms with van der Waals surface area (Å²) in [5.41, 5.74) is 0.341. The smallest absolute Gasteiger partial charge is 0.220 e. The van der Waals surface area contributed by atoms with Gasteiger partial charge in [0.2, 0.25) is 11.8 Å². The first-order valence-electron chi connectivity index (χ1n) is 10.3. The van der Waals surface area contributed by atoms with Crippen molar-refractivity contribution in [1.82, 2.24) is 10.6 Å². The van der Waals surface area contributed by atoms with Crippen molar-refractivity contribution in [2.45, 2.75) is 84.4 Å². The summed E-state index contributed by atoms with van der Waals surface area (Å²) in [6.45, 7) is 7.41. The van der Waals surface area contributed by atoms with Gasteiger partial charge in [0.1, 0.15) is 11.6 Å². The van der Waals surface area contributed by atoms with Crippen LogP contribution in [0.1, 0.15) is 65.4 Å². The zero-order valence-corrected chi connectivity index (χ0v) is 17.8. The lowest BCUT2D eigenvalue weighted by Gasteiger charge is -2.28. The van der Waals surface area contributed by atoms with Gasteiger partial charge in [-0.05, 0) is 49.3 Å². The zero-order valence-electron chi connectivity index (χ0n) is 17.8. The van der Waals surface area contributed by atoms with E-state index in [0.29, 0.717) is 24.3 Å². The fourth-order valence-corrected chi connectivity index (χ4v) is 3.30. The van der Waals surface area contributed by atoms with E-state index in [1.54, 1.807) is 0 Å². The number of nitrogens with one attached hydrogen (secondary N) is 2. The molecule has 0 aliphatic rings. The largest absolute Gasteiger partial charge is 0.391 e. The van der Waals surface area contributed by atoms with E-state index in [4.69, 9.17) is 0 Å². The normalized spacial score (nSPS) is 14.3. The van der Waals surface area contributed by atoms with Gasteiger partial charge in [-0.25, -0.2) is 8.78 Å². The van der Waals surface area contributed by atoms with Gasteiger partial charge in [0, 0.05) is 25.5 Å². The number of hydrogen-bond acceptors (Lipinski definition) is 3. The first-order chi connectivity index (χ1) is 13.6. The predicted octanol–water partition coefficient (Wildman–Crippen LogP) is 3.48. The number of carbonyl (C=O) groups is 2. The SMILES string of the molecule is CCCC(CC(O)C(Cc1cc(F)cc(F)c1)NC(C)=O)NC(=O)CCC(C)C. The van der Waals surface area contributed by atoms with E-state index in [-0.39, 0.29) is 30.7 Å². The third-order valence-corrected chi connectivity index (χ3v) is 4.71. The highest BCUT2D eigenvalue weighted by atomic mass is 19.1. The van der Waals surface area contributed by atoms with Crippen LogP contribution >= 0.6 is 0 Å². The molecule has 29 heavy (non-hydrogen) atoms. The number of halogens is 2. The molecule has 0 spiro atoms. The average molecular weight is 413 g/mol. The molecule has 0 aromatic heterocycles. The van der Waals surface area contributed by atoms with Crippen molar-refractivity contribution in [1.29, 1.82) is 0 Å². The lowest BCUT2D eigenvalue weighted by Crippen LogP contribution is -2.47. The van der Waals surface area contributed by atoms with E-state index in [9.17, 15) is 23.5 Å². The Balaban J connectivity index is 2.82. The van der Waals surface area contributed by atoms with Crippen LogP contribution in [0.2, 0.25) is 0 Å². The van der Waals surface area contributed by atoms with Gasteiger partial charge >= 0.3 is 0 Å². The van der Waals surface area contributed by atoms with Gasteiger partial charge in [-0.2, -0.15) is 0 Å². The highest BCUT2D eigenvalue weighted by molar-refractivity contribution is 5.76. The molecule has 0 aliphatic carbocycles. The summed E-state index contributed by atoms with van der Waals surface area (Å²) in [6.07, 6.45) is 2.05. The Morgan fingerprint density at radius 2 is 1.69 bits per heavy atom. The van der Waals surface area contributed by atoms with Gasteiger partial charge in [-0.15, -0.1) is 0 Å². The summed E-state index contributed by atoms with van der Waals surface area (Å²) < 4.78 is 27.0. The Bertz CT molecular complexity index is 647. The average Bonchev–Trinajstić information content (AvgIpc) is 2.58. The predicted molar refractivity (Wildman–Crippen MR) is 109 cm³/mol. The summed E-state index contributed by atoms with van der Waals surface area (Å²) in [5.74, 6) is -1.41. The van der Waals surface area contributed by atoms with E-state index in [1.165, 1.54) is 19.1 Å². The molecule has 164 valence electrons. The van der Waals surface area contributed by atoms with Gasteiger partial charge in [-0.1, -0.05) is 27.2 Å². The van der Waals surface area contributed by atoms with Crippen LogP contribution in [0.4, 0.5) is 8.78 Å². The number of rotatable bonds is 12. The van der Waals surface area contributed by atoms with Gasteiger partial charge in [0.05, 0.1) is 12.1 Å². The van der Waals surface area contributed by atoms with Gasteiger partial charge in [-0.3, -0.25) is 9.59 Å². The van der Waals surface area contributed by atoms with E-state index >= 15 is 0 Å². The Hall–Kier alpha value is -2.02. The molecule has 1 aromatic rings. The quantitative estimate of drug-likeness (QED) is 0.492. The maximum atomic E-state index is 13.5. The van der Waals surface area contributed by atoms with Crippen molar-refractivity contribution in [3.8, 4) is 0 Å². The van der Waals surface area contributed by atoms with Crippen molar-refractivity contribution in [3.63, 3.8) is 0 Å². The molecule has 1 rings (SSSR count). The molecule has 0 saturated carbocycles. The minimum atomic E-state index is -0.979. The molecule has 1 aromatic carbocycles. The molecule has 5 nitrogen and oxygen atoms in total.